The van der Waals surface area contributed by atoms with E-state index in [9.17, 15) is 9.59 Å². The summed E-state index contributed by atoms with van der Waals surface area (Å²) >= 11 is 0. The number of hydrogen-bond donors (Lipinski definition) is 3. The van der Waals surface area contributed by atoms with E-state index in [1.807, 2.05) is 6.92 Å². The molecule has 6 heteroatoms. The Labute approximate surface area is 101 Å². The summed E-state index contributed by atoms with van der Waals surface area (Å²) in [5, 5.41) is 14.4. The van der Waals surface area contributed by atoms with Gasteiger partial charge in [0.2, 0.25) is 5.91 Å². The molecule has 0 saturated carbocycles. The maximum atomic E-state index is 10.9. The third kappa shape index (κ3) is 4.70. The van der Waals surface area contributed by atoms with Crippen molar-refractivity contribution in [3.8, 4) is 0 Å². The van der Waals surface area contributed by atoms with E-state index in [-0.39, 0.29) is 24.6 Å². The topological polar surface area (TPSA) is 87.7 Å². The molecule has 0 aromatic heterocycles. The predicted octanol–water partition coefficient (Wildman–Crippen LogP) is -0.267. The summed E-state index contributed by atoms with van der Waals surface area (Å²) in [6.45, 7) is 4.24. The summed E-state index contributed by atoms with van der Waals surface area (Å²) in [4.78, 5) is 21.7. The molecule has 0 aliphatic carbocycles. The van der Waals surface area contributed by atoms with E-state index in [0.29, 0.717) is 0 Å². The second-order valence-corrected chi connectivity index (χ2v) is 4.34. The molecule has 0 aromatic rings. The SMILES string of the molecule is CC(=O)NC(CNC(C)C1CCCO1)C(=O)O. The summed E-state index contributed by atoms with van der Waals surface area (Å²) < 4.78 is 5.49. The summed E-state index contributed by atoms with van der Waals surface area (Å²) in [5.41, 5.74) is 0. The van der Waals surface area contributed by atoms with Gasteiger partial charge in [0.25, 0.3) is 0 Å². The Bertz CT molecular complexity index is 277. The van der Waals surface area contributed by atoms with Crippen molar-refractivity contribution in [2.24, 2.45) is 0 Å². The van der Waals surface area contributed by atoms with E-state index in [2.05, 4.69) is 10.6 Å². The van der Waals surface area contributed by atoms with Gasteiger partial charge in [-0.3, -0.25) is 4.79 Å². The van der Waals surface area contributed by atoms with Crippen LogP contribution in [0.2, 0.25) is 0 Å². The van der Waals surface area contributed by atoms with Crippen LogP contribution in [-0.2, 0) is 14.3 Å². The van der Waals surface area contributed by atoms with Crippen molar-refractivity contribution in [1.29, 1.82) is 0 Å². The van der Waals surface area contributed by atoms with Gasteiger partial charge in [-0.1, -0.05) is 0 Å². The highest BCUT2D eigenvalue weighted by atomic mass is 16.5. The lowest BCUT2D eigenvalue weighted by atomic mass is 10.1. The molecule has 3 N–H and O–H groups in total. The standard InChI is InChI=1S/C11H20N2O4/c1-7(10-4-3-5-17-10)12-6-9(11(15)16)13-8(2)14/h7,9-10,12H,3-6H2,1-2H3,(H,13,14)(H,15,16). The predicted molar refractivity (Wildman–Crippen MR) is 61.7 cm³/mol. The average molecular weight is 244 g/mol. The van der Waals surface area contributed by atoms with Gasteiger partial charge in [-0.25, -0.2) is 4.79 Å². The van der Waals surface area contributed by atoms with Crippen LogP contribution in [0.4, 0.5) is 0 Å². The van der Waals surface area contributed by atoms with Crippen molar-refractivity contribution in [2.45, 2.75) is 44.9 Å². The second kappa shape index (κ2) is 6.56. The maximum Gasteiger partial charge on any atom is 0.327 e. The average Bonchev–Trinajstić information content (AvgIpc) is 2.76. The van der Waals surface area contributed by atoms with Crippen LogP contribution in [0, 0.1) is 0 Å². The van der Waals surface area contributed by atoms with Crippen LogP contribution in [0.5, 0.6) is 0 Å². The van der Waals surface area contributed by atoms with Crippen molar-refractivity contribution < 1.29 is 19.4 Å². The first-order valence-corrected chi connectivity index (χ1v) is 5.85. The van der Waals surface area contributed by atoms with Crippen molar-refractivity contribution in [3.05, 3.63) is 0 Å². The van der Waals surface area contributed by atoms with Crippen LogP contribution in [-0.4, -0.2) is 48.3 Å². The number of carbonyl (C=O) groups is 2. The minimum atomic E-state index is -1.03. The number of amides is 1. The Kier molecular flexibility index (Phi) is 5.37. The van der Waals surface area contributed by atoms with Gasteiger partial charge in [0.1, 0.15) is 6.04 Å². The molecule has 1 amide bonds. The first-order valence-electron chi connectivity index (χ1n) is 5.85. The molecule has 0 aromatic carbocycles. The third-order valence-electron chi connectivity index (χ3n) is 2.84. The molecule has 98 valence electrons. The van der Waals surface area contributed by atoms with E-state index >= 15 is 0 Å². The number of aliphatic carboxylic acids is 1. The number of ether oxygens (including phenoxy) is 1. The number of rotatable bonds is 6. The Hall–Kier alpha value is -1.14. The Morgan fingerprint density at radius 1 is 1.53 bits per heavy atom. The highest BCUT2D eigenvalue weighted by Gasteiger charge is 2.24. The minimum absolute atomic E-state index is 0.0908. The van der Waals surface area contributed by atoms with Crippen LogP contribution in [0.25, 0.3) is 0 Å². The molecular weight excluding hydrogens is 224 g/mol. The summed E-state index contributed by atoms with van der Waals surface area (Å²) in [6, 6.07) is -0.801. The van der Waals surface area contributed by atoms with Crippen LogP contribution in [0.3, 0.4) is 0 Å². The fourth-order valence-electron chi connectivity index (χ4n) is 1.88. The first kappa shape index (κ1) is 13.9. The third-order valence-corrected chi connectivity index (χ3v) is 2.84. The quantitative estimate of drug-likeness (QED) is 0.599. The highest BCUT2D eigenvalue weighted by molar-refractivity contribution is 5.82. The van der Waals surface area contributed by atoms with Crippen LogP contribution < -0.4 is 10.6 Å². The molecule has 6 nitrogen and oxygen atoms in total. The lowest BCUT2D eigenvalue weighted by Crippen LogP contribution is -2.50. The number of hydrogen-bond acceptors (Lipinski definition) is 4. The fraction of sp³-hybridized carbons (Fsp3) is 0.818. The van der Waals surface area contributed by atoms with Gasteiger partial charge in [0.15, 0.2) is 0 Å². The van der Waals surface area contributed by atoms with E-state index < -0.39 is 12.0 Å². The molecule has 1 fully saturated rings. The lowest BCUT2D eigenvalue weighted by molar-refractivity contribution is -0.141. The van der Waals surface area contributed by atoms with Gasteiger partial charge >= 0.3 is 5.97 Å². The Morgan fingerprint density at radius 3 is 2.71 bits per heavy atom. The minimum Gasteiger partial charge on any atom is -0.480 e. The normalized spacial score (nSPS) is 23.1. The zero-order valence-electron chi connectivity index (χ0n) is 10.2. The van der Waals surface area contributed by atoms with Crippen molar-refractivity contribution >= 4 is 11.9 Å². The Balaban J connectivity index is 2.34. The highest BCUT2D eigenvalue weighted by Crippen LogP contribution is 2.15. The number of carboxylic acids is 1. The zero-order valence-corrected chi connectivity index (χ0v) is 10.2. The number of carbonyl (C=O) groups excluding carboxylic acids is 1. The van der Waals surface area contributed by atoms with Gasteiger partial charge in [0.05, 0.1) is 6.10 Å². The second-order valence-electron chi connectivity index (χ2n) is 4.34. The van der Waals surface area contributed by atoms with Crippen molar-refractivity contribution in [3.63, 3.8) is 0 Å². The van der Waals surface area contributed by atoms with E-state index in [4.69, 9.17) is 9.84 Å². The molecular formula is C11H20N2O4. The lowest BCUT2D eigenvalue weighted by Gasteiger charge is -2.22. The molecule has 0 radical (unpaired) electrons. The molecule has 1 aliphatic rings. The van der Waals surface area contributed by atoms with Crippen LogP contribution in [0.15, 0.2) is 0 Å². The van der Waals surface area contributed by atoms with Crippen LogP contribution >= 0.6 is 0 Å². The monoisotopic (exact) mass is 244 g/mol. The van der Waals surface area contributed by atoms with Gasteiger partial charge in [-0.15, -0.1) is 0 Å². The van der Waals surface area contributed by atoms with Crippen LogP contribution in [0.1, 0.15) is 26.7 Å². The van der Waals surface area contributed by atoms with Gasteiger partial charge in [0, 0.05) is 26.1 Å². The summed E-state index contributed by atoms with van der Waals surface area (Å²) in [6.07, 6.45) is 2.18. The first-order chi connectivity index (χ1) is 8.00. The van der Waals surface area contributed by atoms with Gasteiger partial charge < -0.3 is 20.5 Å². The maximum absolute atomic E-state index is 10.9. The molecule has 1 saturated heterocycles. The largest absolute Gasteiger partial charge is 0.480 e. The molecule has 1 aliphatic heterocycles. The molecule has 0 bridgehead atoms. The van der Waals surface area contributed by atoms with Crippen molar-refractivity contribution in [1.82, 2.24) is 10.6 Å². The molecule has 3 unspecified atom stereocenters. The molecule has 17 heavy (non-hydrogen) atoms. The molecule has 1 heterocycles. The van der Waals surface area contributed by atoms with Crippen molar-refractivity contribution in [2.75, 3.05) is 13.2 Å². The molecule has 3 atom stereocenters. The smallest absolute Gasteiger partial charge is 0.327 e. The Morgan fingerprint density at radius 2 is 2.24 bits per heavy atom. The van der Waals surface area contributed by atoms with E-state index in [1.165, 1.54) is 6.92 Å². The number of carboxylic acid groups (broad SMARTS) is 1. The van der Waals surface area contributed by atoms with E-state index in [1.54, 1.807) is 0 Å². The summed E-state index contributed by atoms with van der Waals surface area (Å²) in [5.74, 6) is -1.38. The summed E-state index contributed by atoms with van der Waals surface area (Å²) in [7, 11) is 0. The zero-order chi connectivity index (χ0) is 12.8. The van der Waals surface area contributed by atoms with Gasteiger partial charge in [-0.05, 0) is 19.8 Å². The number of nitrogens with one attached hydrogen (secondary N) is 2. The fourth-order valence-corrected chi connectivity index (χ4v) is 1.88. The molecule has 0 spiro atoms. The molecule has 1 rings (SSSR count). The van der Waals surface area contributed by atoms with Gasteiger partial charge in [-0.2, -0.15) is 0 Å². The van der Waals surface area contributed by atoms with E-state index in [0.717, 1.165) is 19.4 Å².